The molecule has 4 nitrogen and oxygen atoms in total. The summed E-state index contributed by atoms with van der Waals surface area (Å²) < 4.78 is 22.7. The molecule has 2 N–H and O–H groups in total. The van der Waals surface area contributed by atoms with Crippen LogP contribution >= 0.6 is 0 Å². The number of benzene rings is 1. The summed E-state index contributed by atoms with van der Waals surface area (Å²) in [6.07, 6.45) is 3.63. The van der Waals surface area contributed by atoms with Crippen LogP contribution in [0.2, 0.25) is 0 Å². The molecule has 0 heterocycles. The van der Waals surface area contributed by atoms with E-state index in [2.05, 4.69) is 4.90 Å². The van der Waals surface area contributed by atoms with Gasteiger partial charge in [0.1, 0.15) is 0 Å². The van der Waals surface area contributed by atoms with Gasteiger partial charge in [-0.1, -0.05) is 0 Å². The monoisotopic (exact) mass is 254 g/mol. The number of nitrogens with two attached hydrogens (primary N) is 1. The van der Waals surface area contributed by atoms with Crippen molar-refractivity contribution in [3.05, 3.63) is 24.3 Å². The van der Waals surface area contributed by atoms with Crippen LogP contribution in [0.3, 0.4) is 0 Å². The van der Waals surface area contributed by atoms with Gasteiger partial charge in [-0.3, -0.25) is 0 Å². The summed E-state index contributed by atoms with van der Waals surface area (Å²) in [6, 6.07) is 7.64. The zero-order chi connectivity index (χ0) is 12.5. The van der Waals surface area contributed by atoms with Crippen LogP contribution in [-0.4, -0.2) is 33.8 Å². The summed E-state index contributed by atoms with van der Waals surface area (Å²) in [5.74, 6) is 0. The van der Waals surface area contributed by atoms with Gasteiger partial charge in [-0.15, -0.1) is 0 Å². The van der Waals surface area contributed by atoms with E-state index in [0.717, 1.165) is 12.2 Å². The molecule has 1 aliphatic carbocycles. The van der Waals surface area contributed by atoms with Crippen molar-refractivity contribution in [1.82, 2.24) is 0 Å². The number of rotatable bonds is 5. The molecular formula is C12H18N2O2S. The Balaban J connectivity index is 2.21. The lowest BCUT2D eigenvalue weighted by Crippen LogP contribution is -2.31. The maximum atomic E-state index is 11.4. The van der Waals surface area contributed by atoms with Gasteiger partial charge in [0, 0.05) is 31.1 Å². The molecule has 0 amide bonds. The number of hydrogen-bond donors (Lipinski definition) is 1. The standard InChI is InChI=1S/C12H18N2O2S/c1-17(15,16)12-6-4-11(5-7-12)14(9-8-13)10-2-3-10/h4-7,10H,2-3,8-9,13H2,1H3. The third-order valence-electron chi connectivity index (χ3n) is 2.95. The number of sulfone groups is 1. The van der Waals surface area contributed by atoms with Gasteiger partial charge in [-0.25, -0.2) is 8.42 Å². The van der Waals surface area contributed by atoms with E-state index < -0.39 is 9.84 Å². The fourth-order valence-corrected chi connectivity index (χ4v) is 2.56. The van der Waals surface area contributed by atoms with Gasteiger partial charge in [0.15, 0.2) is 9.84 Å². The highest BCUT2D eigenvalue weighted by molar-refractivity contribution is 7.90. The molecule has 2 rings (SSSR count). The first-order chi connectivity index (χ1) is 8.02. The first-order valence-electron chi connectivity index (χ1n) is 5.79. The molecule has 0 radical (unpaired) electrons. The zero-order valence-electron chi connectivity index (χ0n) is 9.96. The van der Waals surface area contributed by atoms with Crippen LogP contribution in [0.15, 0.2) is 29.2 Å². The Morgan fingerprint density at radius 1 is 1.29 bits per heavy atom. The van der Waals surface area contributed by atoms with Crippen LogP contribution < -0.4 is 10.6 Å². The Morgan fingerprint density at radius 2 is 1.88 bits per heavy atom. The van der Waals surface area contributed by atoms with E-state index in [0.29, 0.717) is 17.5 Å². The molecule has 0 spiro atoms. The van der Waals surface area contributed by atoms with Crippen molar-refractivity contribution in [1.29, 1.82) is 0 Å². The Labute approximate surface area is 102 Å². The van der Waals surface area contributed by atoms with Gasteiger partial charge in [-0.2, -0.15) is 0 Å². The second-order valence-corrected chi connectivity index (χ2v) is 6.50. The Bertz CT molecular complexity index is 478. The predicted molar refractivity (Wildman–Crippen MR) is 69.0 cm³/mol. The van der Waals surface area contributed by atoms with Gasteiger partial charge in [0.05, 0.1) is 4.90 Å². The zero-order valence-corrected chi connectivity index (χ0v) is 10.8. The first kappa shape index (κ1) is 12.4. The van der Waals surface area contributed by atoms with Gasteiger partial charge in [0.25, 0.3) is 0 Å². The Kier molecular flexibility index (Phi) is 3.40. The summed E-state index contributed by atoms with van der Waals surface area (Å²) in [4.78, 5) is 2.62. The third-order valence-corrected chi connectivity index (χ3v) is 4.08. The molecule has 1 aromatic rings. The fourth-order valence-electron chi connectivity index (χ4n) is 1.93. The lowest BCUT2D eigenvalue weighted by Gasteiger charge is -2.24. The van der Waals surface area contributed by atoms with Crippen molar-refractivity contribution in [2.75, 3.05) is 24.2 Å². The minimum atomic E-state index is -3.11. The molecule has 5 heteroatoms. The molecule has 0 atom stereocenters. The lowest BCUT2D eigenvalue weighted by atomic mass is 10.3. The largest absolute Gasteiger partial charge is 0.367 e. The van der Waals surface area contributed by atoms with Crippen molar-refractivity contribution in [3.8, 4) is 0 Å². The fraction of sp³-hybridized carbons (Fsp3) is 0.500. The van der Waals surface area contributed by atoms with Crippen molar-refractivity contribution in [2.24, 2.45) is 5.73 Å². The van der Waals surface area contributed by atoms with Gasteiger partial charge < -0.3 is 10.6 Å². The molecule has 1 saturated carbocycles. The topological polar surface area (TPSA) is 63.4 Å². The highest BCUT2D eigenvalue weighted by atomic mass is 32.2. The van der Waals surface area contributed by atoms with Crippen molar-refractivity contribution >= 4 is 15.5 Å². The summed E-state index contributed by atoms with van der Waals surface area (Å²) in [5.41, 5.74) is 6.65. The second kappa shape index (κ2) is 4.66. The predicted octanol–water partition coefficient (Wildman–Crippen LogP) is 1.02. The van der Waals surface area contributed by atoms with Gasteiger partial charge in [0.2, 0.25) is 0 Å². The summed E-state index contributed by atoms with van der Waals surface area (Å²) >= 11 is 0. The number of nitrogens with zero attached hydrogens (tertiary/aromatic N) is 1. The van der Waals surface area contributed by atoms with Crippen LogP contribution in [0.25, 0.3) is 0 Å². The van der Waals surface area contributed by atoms with E-state index in [-0.39, 0.29) is 0 Å². The molecule has 0 bridgehead atoms. The highest BCUT2D eigenvalue weighted by Crippen LogP contribution is 2.31. The molecular weight excluding hydrogens is 236 g/mol. The quantitative estimate of drug-likeness (QED) is 0.852. The molecule has 1 fully saturated rings. The maximum absolute atomic E-state index is 11.4. The molecule has 1 aromatic carbocycles. The van der Waals surface area contributed by atoms with Crippen LogP contribution in [0.5, 0.6) is 0 Å². The van der Waals surface area contributed by atoms with Crippen molar-refractivity contribution in [3.63, 3.8) is 0 Å². The Hall–Kier alpha value is -1.07. The van der Waals surface area contributed by atoms with Crippen LogP contribution in [0, 0.1) is 0 Å². The van der Waals surface area contributed by atoms with Crippen LogP contribution in [0.4, 0.5) is 5.69 Å². The lowest BCUT2D eigenvalue weighted by molar-refractivity contribution is 0.602. The molecule has 17 heavy (non-hydrogen) atoms. The maximum Gasteiger partial charge on any atom is 0.175 e. The molecule has 0 aromatic heterocycles. The van der Waals surface area contributed by atoms with Gasteiger partial charge >= 0.3 is 0 Å². The van der Waals surface area contributed by atoms with E-state index >= 15 is 0 Å². The smallest absolute Gasteiger partial charge is 0.175 e. The second-order valence-electron chi connectivity index (χ2n) is 4.48. The molecule has 0 aliphatic heterocycles. The molecule has 0 unspecified atom stereocenters. The minimum Gasteiger partial charge on any atom is -0.367 e. The van der Waals surface area contributed by atoms with E-state index in [1.165, 1.54) is 19.1 Å². The van der Waals surface area contributed by atoms with Crippen LogP contribution in [-0.2, 0) is 9.84 Å². The third kappa shape index (κ3) is 2.98. The molecule has 94 valence electrons. The SMILES string of the molecule is CS(=O)(=O)c1ccc(N(CCN)C2CC2)cc1. The normalized spacial score (nSPS) is 15.9. The summed E-state index contributed by atoms with van der Waals surface area (Å²) in [7, 11) is -3.11. The van der Waals surface area contributed by atoms with E-state index in [1.807, 2.05) is 12.1 Å². The van der Waals surface area contributed by atoms with E-state index in [9.17, 15) is 8.42 Å². The van der Waals surface area contributed by atoms with E-state index in [4.69, 9.17) is 5.73 Å². The van der Waals surface area contributed by atoms with Gasteiger partial charge in [-0.05, 0) is 37.1 Å². The molecule has 1 aliphatic rings. The summed E-state index contributed by atoms with van der Waals surface area (Å²) in [5, 5.41) is 0. The van der Waals surface area contributed by atoms with Crippen molar-refractivity contribution < 1.29 is 8.42 Å². The average molecular weight is 254 g/mol. The van der Waals surface area contributed by atoms with E-state index in [1.54, 1.807) is 12.1 Å². The first-order valence-corrected chi connectivity index (χ1v) is 7.68. The van der Waals surface area contributed by atoms with Crippen molar-refractivity contribution in [2.45, 2.75) is 23.8 Å². The number of anilines is 1. The number of hydrogen-bond acceptors (Lipinski definition) is 4. The van der Waals surface area contributed by atoms with Crippen LogP contribution in [0.1, 0.15) is 12.8 Å². The Morgan fingerprint density at radius 3 is 2.29 bits per heavy atom. The summed E-state index contributed by atoms with van der Waals surface area (Å²) in [6.45, 7) is 1.44. The molecule has 0 saturated heterocycles. The highest BCUT2D eigenvalue weighted by Gasteiger charge is 2.28. The minimum absolute atomic E-state index is 0.366. The average Bonchev–Trinajstić information content (AvgIpc) is 3.09.